The number of alkyl halides is 2. The Morgan fingerprint density at radius 3 is 2.56 bits per heavy atom. The van der Waals surface area contributed by atoms with Crippen molar-refractivity contribution in [2.75, 3.05) is 5.75 Å². The van der Waals surface area contributed by atoms with Crippen molar-refractivity contribution in [1.82, 2.24) is 9.97 Å². The molecule has 0 atom stereocenters. The van der Waals surface area contributed by atoms with Gasteiger partial charge in [-0.05, 0) is 48.6 Å². The predicted octanol–water partition coefficient (Wildman–Crippen LogP) is 7.05. The first-order valence-corrected chi connectivity index (χ1v) is 13.4. The summed E-state index contributed by atoms with van der Waals surface area (Å²) >= 11 is 13.1. The van der Waals surface area contributed by atoms with E-state index in [2.05, 4.69) is 14.7 Å². The molecule has 0 amide bonds. The highest BCUT2D eigenvalue weighted by Crippen LogP contribution is 2.43. The zero-order chi connectivity index (χ0) is 25.6. The molecule has 0 unspecified atom stereocenters. The van der Waals surface area contributed by atoms with E-state index in [1.807, 2.05) is 0 Å². The fourth-order valence-corrected chi connectivity index (χ4v) is 6.48. The van der Waals surface area contributed by atoms with Gasteiger partial charge in [-0.15, -0.1) is 0 Å². The van der Waals surface area contributed by atoms with Crippen molar-refractivity contribution in [3.8, 4) is 16.9 Å². The van der Waals surface area contributed by atoms with Crippen molar-refractivity contribution in [2.45, 2.75) is 30.8 Å². The van der Waals surface area contributed by atoms with Gasteiger partial charge in [0.15, 0.2) is 9.84 Å². The van der Waals surface area contributed by atoms with Crippen LogP contribution >= 0.6 is 23.2 Å². The fourth-order valence-electron chi connectivity index (χ4n) is 4.07. The Balaban J connectivity index is 1.47. The number of halogens is 5. The van der Waals surface area contributed by atoms with Crippen molar-refractivity contribution in [3.63, 3.8) is 0 Å². The third kappa shape index (κ3) is 5.05. The van der Waals surface area contributed by atoms with E-state index in [1.54, 1.807) is 24.3 Å². The Morgan fingerprint density at radius 1 is 1.11 bits per heavy atom. The number of nitrogens with one attached hydrogen (secondary N) is 1. The van der Waals surface area contributed by atoms with Crippen LogP contribution in [0.4, 0.5) is 13.2 Å². The van der Waals surface area contributed by atoms with Crippen molar-refractivity contribution in [1.29, 1.82) is 0 Å². The van der Waals surface area contributed by atoms with Gasteiger partial charge >= 0.3 is 6.61 Å². The quantitative estimate of drug-likeness (QED) is 0.253. The van der Waals surface area contributed by atoms with Crippen LogP contribution in [0.15, 0.2) is 53.4 Å². The normalized spacial score (nSPS) is 14.1. The van der Waals surface area contributed by atoms with Crippen LogP contribution in [0, 0.1) is 11.7 Å². The molecule has 1 aromatic heterocycles. The second-order valence-electron chi connectivity index (χ2n) is 8.66. The monoisotopic (exact) mass is 554 g/mol. The first kappa shape index (κ1) is 24.9. The Kier molecular flexibility index (Phi) is 6.65. The predicted molar refractivity (Wildman–Crippen MR) is 132 cm³/mol. The number of imidazole rings is 1. The summed E-state index contributed by atoms with van der Waals surface area (Å²) in [4.78, 5) is 7.47. The number of aromatic nitrogens is 2. The summed E-state index contributed by atoms with van der Waals surface area (Å²) in [6, 6.07) is 11.5. The Hall–Kier alpha value is -2.75. The SMILES string of the molecule is O=S(=O)(CC1CC1)c1ccc(Cc2nc3c(Cl)c(-c4ccccc4OC(F)F)c(Cl)cc3[nH]2)c(F)c1. The summed E-state index contributed by atoms with van der Waals surface area (Å²) in [5.41, 5.74) is 1.59. The molecule has 3 aromatic carbocycles. The van der Waals surface area contributed by atoms with Gasteiger partial charge in [-0.3, -0.25) is 0 Å². The molecule has 1 aliphatic rings. The topological polar surface area (TPSA) is 72.1 Å². The van der Waals surface area contributed by atoms with Crippen molar-refractivity contribution < 1.29 is 26.3 Å². The van der Waals surface area contributed by atoms with Gasteiger partial charge in [0.2, 0.25) is 0 Å². The summed E-state index contributed by atoms with van der Waals surface area (Å²) in [6.45, 7) is -3.03. The molecule has 1 heterocycles. The minimum atomic E-state index is -3.54. The second-order valence-corrected chi connectivity index (χ2v) is 11.5. The molecule has 188 valence electrons. The molecular formula is C25H19Cl2F3N2O3S. The van der Waals surface area contributed by atoms with Crippen LogP contribution in [-0.4, -0.2) is 30.8 Å². The Bertz CT molecular complexity index is 1570. The molecule has 1 N–H and O–H groups in total. The molecule has 0 spiro atoms. The van der Waals surface area contributed by atoms with Gasteiger partial charge in [-0.1, -0.05) is 47.5 Å². The number of sulfone groups is 1. The summed E-state index contributed by atoms with van der Waals surface area (Å²) < 4.78 is 70.1. The van der Waals surface area contributed by atoms with E-state index < -0.39 is 22.3 Å². The van der Waals surface area contributed by atoms with Crippen LogP contribution in [0.1, 0.15) is 24.2 Å². The highest BCUT2D eigenvalue weighted by molar-refractivity contribution is 7.91. The van der Waals surface area contributed by atoms with Gasteiger partial charge in [0, 0.05) is 17.5 Å². The molecule has 1 saturated carbocycles. The van der Waals surface area contributed by atoms with Crippen LogP contribution in [-0.2, 0) is 16.3 Å². The van der Waals surface area contributed by atoms with Crippen molar-refractivity contribution in [3.05, 3.63) is 75.8 Å². The van der Waals surface area contributed by atoms with E-state index in [1.165, 1.54) is 18.2 Å². The van der Waals surface area contributed by atoms with E-state index in [0.29, 0.717) is 16.9 Å². The maximum Gasteiger partial charge on any atom is 0.387 e. The number of benzene rings is 3. The largest absolute Gasteiger partial charge is 0.434 e. The number of rotatable bonds is 8. The lowest BCUT2D eigenvalue weighted by atomic mass is 10.0. The van der Waals surface area contributed by atoms with E-state index in [0.717, 1.165) is 18.9 Å². The number of para-hydroxylation sites is 1. The van der Waals surface area contributed by atoms with Crippen molar-refractivity contribution in [2.24, 2.45) is 5.92 Å². The maximum absolute atomic E-state index is 14.8. The molecule has 0 radical (unpaired) electrons. The first-order valence-electron chi connectivity index (χ1n) is 11.0. The van der Waals surface area contributed by atoms with Crippen LogP contribution < -0.4 is 4.74 Å². The van der Waals surface area contributed by atoms with Gasteiger partial charge in [0.1, 0.15) is 22.9 Å². The summed E-state index contributed by atoms with van der Waals surface area (Å²) in [6.07, 6.45) is 1.80. The molecule has 0 saturated heterocycles. The molecule has 4 aromatic rings. The van der Waals surface area contributed by atoms with Gasteiger partial charge in [-0.25, -0.2) is 17.8 Å². The number of aromatic amines is 1. The van der Waals surface area contributed by atoms with E-state index in [-0.39, 0.29) is 55.5 Å². The lowest BCUT2D eigenvalue weighted by molar-refractivity contribution is -0.0494. The average Bonchev–Trinajstić information content (AvgIpc) is 3.52. The highest BCUT2D eigenvalue weighted by atomic mass is 35.5. The van der Waals surface area contributed by atoms with E-state index >= 15 is 0 Å². The highest BCUT2D eigenvalue weighted by Gasteiger charge is 2.29. The van der Waals surface area contributed by atoms with Crippen LogP contribution in [0.25, 0.3) is 22.2 Å². The third-order valence-electron chi connectivity index (χ3n) is 5.98. The summed E-state index contributed by atoms with van der Waals surface area (Å²) in [7, 11) is -3.54. The van der Waals surface area contributed by atoms with Gasteiger partial charge in [-0.2, -0.15) is 8.78 Å². The minimum absolute atomic E-state index is 0.0302. The van der Waals surface area contributed by atoms with Gasteiger partial charge < -0.3 is 9.72 Å². The van der Waals surface area contributed by atoms with Crippen LogP contribution in [0.3, 0.4) is 0 Å². The third-order valence-corrected chi connectivity index (χ3v) is 8.53. The van der Waals surface area contributed by atoms with Crippen LogP contribution in [0.5, 0.6) is 5.75 Å². The molecule has 1 fully saturated rings. The molecule has 1 aliphatic carbocycles. The number of ether oxygens (including phenoxy) is 1. The zero-order valence-corrected chi connectivity index (χ0v) is 20.9. The van der Waals surface area contributed by atoms with Crippen LogP contribution in [0.2, 0.25) is 10.0 Å². The van der Waals surface area contributed by atoms with E-state index in [4.69, 9.17) is 23.2 Å². The molecular weight excluding hydrogens is 536 g/mol. The number of H-pyrrole nitrogens is 1. The molecule has 5 rings (SSSR count). The van der Waals surface area contributed by atoms with Crippen molar-refractivity contribution >= 4 is 44.1 Å². The smallest absolute Gasteiger partial charge is 0.387 e. The molecule has 11 heteroatoms. The van der Waals surface area contributed by atoms with E-state index in [9.17, 15) is 21.6 Å². The number of hydrogen-bond acceptors (Lipinski definition) is 4. The lowest BCUT2D eigenvalue weighted by Gasteiger charge is -2.13. The fraction of sp³-hybridized carbons (Fsp3) is 0.240. The minimum Gasteiger partial charge on any atom is -0.434 e. The Labute approximate surface area is 215 Å². The van der Waals surface area contributed by atoms with Gasteiger partial charge in [0.05, 0.1) is 26.2 Å². The molecule has 0 bridgehead atoms. The second kappa shape index (κ2) is 9.61. The molecule has 0 aliphatic heterocycles. The standard InChI is InChI=1S/C25H19Cl2F3N2O3S/c26-17-11-19-24(23(27)22(17)16-3-1-2-4-20(16)35-25(29)30)32-21(31-19)9-14-7-8-15(10-18(14)28)36(33,34)12-13-5-6-13/h1-4,7-8,10-11,13,25H,5-6,9,12H2,(H,31,32). The summed E-state index contributed by atoms with van der Waals surface area (Å²) in [5, 5.41) is 0.303. The Morgan fingerprint density at radius 2 is 1.86 bits per heavy atom. The molecule has 36 heavy (non-hydrogen) atoms. The number of nitrogens with zero attached hydrogens (tertiary/aromatic N) is 1. The number of fused-ring (bicyclic) bond motifs is 1. The summed E-state index contributed by atoms with van der Waals surface area (Å²) in [5.74, 6) is -0.198. The average molecular weight is 555 g/mol. The first-order chi connectivity index (χ1) is 17.1. The molecule has 5 nitrogen and oxygen atoms in total. The van der Waals surface area contributed by atoms with Gasteiger partial charge in [0.25, 0.3) is 0 Å². The maximum atomic E-state index is 14.8. The number of hydrogen-bond donors (Lipinski definition) is 1. The zero-order valence-electron chi connectivity index (χ0n) is 18.6. The lowest BCUT2D eigenvalue weighted by Crippen LogP contribution is -2.09.